The fourth-order valence-electron chi connectivity index (χ4n) is 3.93. The predicted octanol–water partition coefficient (Wildman–Crippen LogP) is 4.65. The number of hydrogen-bond acceptors (Lipinski definition) is 8. The van der Waals surface area contributed by atoms with E-state index in [1.165, 1.54) is 0 Å². The van der Waals surface area contributed by atoms with Crippen molar-refractivity contribution in [2.45, 2.75) is 13.8 Å². The first-order valence-corrected chi connectivity index (χ1v) is 13.2. The molecule has 0 saturated carbocycles. The fourth-order valence-corrected chi connectivity index (χ4v) is 5.04. The minimum atomic E-state index is -0.546. The molecule has 0 spiro atoms. The number of nitrogens with one attached hydrogen (secondary N) is 1. The molecule has 11 heteroatoms. The number of imide groups is 1. The Hall–Kier alpha value is -3.21. The van der Waals surface area contributed by atoms with Crippen molar-refractivity contribution in [1.82, 2.24) is 4.90 Å². The highest BCUT2D eigenvalue weighted by Crippen LogP contribution is 2.39. The van der Waals surface area contributed by atoms with Crippen LogP contribution in [0.15, 0.2) is 41.3 Å². The van der Waals surface area contributed by atoms with Crippen LogP contribution in [-0.4, -0.2) is 68.0 Å². The third-order valence-corrected chi connectivity index (χ3v) is 6.81. The van der Waals surface area contributed by atoms with E-state index in [0.717, 1.165) is 35.4 Å². The first-order chi connectivity index (χ1) is 17.9. The number of hydrogen-bond donors (Lipinski definition) is 1. The van der Waals surface area contributed by atoms with Gasteiger partial charge in [0.05, 0.1) is 36.4 Å². The fraction of sp³-hybridized carbons (Fsp3) is 0.346. The van der Waals surface area contributed by atoms with Crippen LogP contribution < -0.4 is 19.7 Å². The molecule has 2 fully saturated rings. The summed E-state index contributed by atoms with van der Waals surface area (Å²) in [5.74, 6) is -0.145. The monoisotopic (exact) mass is 545 g/mol. The topological polar surface area (TPSA) is 97.4 Å². The van der Waals surface area contributed by atoms with E-state index >= 15 is 0 Å². The summed E-state index contributed by atoms with van der Waals surface area (Å²) in [6, 6.07) is 10.8. The van der Waals surface area contributed by atoms with Crippen molar-refractivity contribution in [3.63, 3.8) is 0 Å². The van der Waals surface area contributed by atoms with Gasteiger partial charge in [-0.05, 0) is 73.6 Å². The lowest BCUT2D eigenvalue weighted by molar-refractivity contribution is -0.127. The molecule has 0 aliphatic carbocycles. The first kappa shape index (κ1) is 26.8. The summed E-state index contributed by atoms with van der Waals surface area (Å²) in [4.78, 5) is 41.4. The minimum absolute atomic E-state index is 0.190. The van der Waals surface area contributed by atoms with Crippen LogP contribution in [0.4, 0.5) is 16.2 Å². The maximum Gasteiger partial charge on any atom is 0.294 e. The third kappa shape index (κ3) is 6.57. The number of morpholine rings is 1. The summed E-state index contributed by atoms with van der Waals surface area (Å²) in [7, 11) is 0. The molecule has 2 aromatic carbocycles. The van der Waals surface area contributed by atoms with Gasteiger partial charge in [0, 0.05) is 24.5 Å². The molecule has 0 radical (unpaired) electrons. The van der Waals surface area contributed by atoms with Gasteiger partial charge in [0.15, 0.2) is 11.5 Å². The van der Waals surface area contributed by atoms with Crippen molar-refractivity contribution in [2.75, 3.05) is 56.3 Å². The Morgan fingerprint density at radius 3 is 2.49 bits per heavy atom. The van der Waals surface area contributed by atoms with Crippen LogP contribution in [0.2, 0.25) is 5.02 Å². The van der Waals surface area contributed by atoms with Gasteiger partial charge in [0.2, 0.25) is 5.91 Å². The zero-order valence-electron chi connectivity index (χ0n) is 20.6. The van der Waals surface area contributed by atoms with Gasteiger partial charge in [-0.2, -0.15) is 0 Å². The molecule has 0 bridgehead atoms. The Balaban J connectivity index is 1.41. The average molecular weight is 546 g/mol. The molecule has 1 N–H and O–H groups in total. The second kappa shape index (κ2) is 12.4. The first-order valence-electron chi connectivity index (χ1n) is 12.0. The molecule has 2 aromatic rings. The maximum atomic E-state index is 12.9. The summed E-state index contributed by atoms with van der Waals surface area (Å²) < 4.78 is 16.6. The number of carbonyl (C=O) groups is 3. The van der Waals surface area contributed by atoms with Gasteiger partial charge in [-0.15, -0.1) is 0 Å². The number of thioether (sulfide) groups is 1. The highest BCUT2D eigenvalue weighted by molar-refractivity contribution is 8.18. The Kier molecular flexibility index (Phi) is 8.96. The highest BCUT2D eigenvalue weighted by Gasteiger charge is 2.36. The van der Waals surface area contributed by atoms with Crippen molar-refractivity contribution in [2.24, 2.45) is 0 Å². The maximum absolute atomic E-state index is 12.9. The Bertz CT molecular complexity index is 1200. The number of halogens is 1. The third-order valence-electron chi connectivity index (χ3n) is 5.62. The van der Waals surface area contributed by atoms with E-state index in [9.17, 15) is 14.4 Å². The van der Waals surface area contributed by atoms with Crippen molar-refractivity contribution in [3.05, 3.63) is 51.9 Å². The lowest BCUT2D eigenvalue weighted by atomic mass is 10.1. The molecule has 196 valence electrons. The van der Waals surface area contributed by atoms with E-state index in [-0.39, 0.29) is 11.4 Å². The Morgan fingerprint density at radius 1 is 1.11 bits per heavy atom. The largest absolute Gasteiger partial charge is 0.490 e. The molecule has 37 heavy (non-hydrogen) atoms. The number of rotatable bonds is 9. The second-order valence-electron chi connectivity index (χ2n) is 8.16. The van der Waals surface area contributed by atoms with Crippen molar-refractivity contribution in [1.29, 1.82) is 0 Å². The molecule has 0 aromatic heterocycles. The van der Waals surface area contributed by atoms with E-state index < -0.39 is 17.1 Å². The van der Waals surface area contributed by atoms with Gasteiger partial charge in [-0.25, -0.2) is 0 Å². The second-order valence-corrected chi connectivity index (χ2v) is 9.56. The molecule has 4 rings (SSSR count). The van der Waals surface area contributed by atoms with Crippen LogP contribution >= 0.6 is 23.4 Å². The number of benzene rings is 2. The van der Waals surface area contributed by atoms with Gasteiger partial charge in [-0.1, -0.05) is 11.6 Å². The van der Waals surface area contributed by atoms with Gasteiger partial charge in [-0.3, -0.25) is 19.3 Å². The van der Waals surface area contributed by atoms with Crippen LogP contribution in [0.3, 0.4) is 0 Å². The van der Waals surface area contributed by atoms with E-state index in [0.29, 0.717) is 54.2 Å². The van der Waals surface area contributed by atoms with Gasteiger partial charge < -0.3 is 24.4 Å². The summed E-state index contributed by atoms with van der Waals surface area (Å²) in [5.41, 5.74) is 2.20. The molecule has 2 aliphatic rings. The zero-order chi connectivity index (χ0) is 26.4. The van der Waals surface area contributed by atoms with E-state index in [1.54, 1.807) is 30.3 Å². The lowest BCUT2D eigenvalue weighted by Gasteiger charge is -2.28. The number of nitrogens with zero attached hydrogens (tertiary/aromatic N) is 2. The molecular formula is C26H28ClN3O6S. The number of ether oxygens (including phenoxy) is 3. The zero-order valence-corrected chi connectivity index (χ0v) is 22.2. The smallest absolute Gasteiger partial charge is 0.294 e. The predicted molar refractivity (Wildman–Crippen MR) is 145 cm³/mol. The lowest BCUT2D eigenvalue weighted by Crippen LogP contribution is -2.36. The molecule has 2 heterocycles. The van der Waals surface area contributed by atoms with Crippen molar-refractivity contribution < 1.29 is 28.6 Å². The normalized spacial score (nSPS) is 16.9. The molecule has 2 aliphatic heterocycles. The van der Waals surface area contributed by atoms with E-state index in [2.05, 4.69) is 10.2 Å². The van der Waals surface area contributed by atoms with Gasteiger partial charge in [0.1, 0.15) is 6.54 Å². The number of amides is 3. The van der Waals surface area contributed by atoms with Crippen LogP contribution in [0.5, 0.6) is 11.5 Å². The minimum Gasteiger partial charge on any atom is -0.490 e. The SMILES string of the molecule is CCOc1cc(/C=C2/SC(=O)N(CC(=O)Nc3ccc(N4CCOCC4)cc3)C2=O)cc(Cl)c1OCC. The molecule has 0 atom stereocenters. The van der Waals surface area contributed by atoms with Crippen LogP contribution in [0, 0.1) is 0 Å². The number of anilines is 2. The van der Waals surface area contributed by atoms with Gasteiger partial charge in [0.25, 0.3) is 11.1 Å². The Labute approximate surface area is 224 Å². The summed E-state index contributed by atoms with van der Waals surface area (Å²) in [5, 5.41) is 2.56. The summed E-state index contributed by atoms with van der Waals surface area (Å²) in [6.45, 7) is 7.11. The molecule has 3 amide bonds. The van der Waals surface area contributed by atoms with Crippen LogP contribution in [0.1, 0.15) is 19.4 Å². The van der Waals surface area contributed by atoms with Gasteiger partial charge >= 0.3 is 0 Å². The number of carbonyl (C=O) groups excluding carboxylic acids is 3. The van der Waals surface area contributed by atoms with Crippen molar-refractivity contribution in [3.8, 4) is 11.5 Å². The average Bonchev–Trinajstić information content (AvgIpc) is 3.14. The summed E-state index contributed by atoms with van der Waals surface area (Å²) in [6.07, 6.45) is 1.55. The summed E-state index contributed by atoms with van der Waals surface area (Å²) >= 11 is 7.13. The molecule has 9 nitrogen and oxygen atoms in total. The standard InChI is InChI=1S/C26H28ClN3O6S/c1-3-35-21-14-17(13-20(27)24(21)36-4-2)15-22-25(32)30(26(33)37-22)16-23(31)28-18-5-7-19(8-6-18)29-9-11-34-12-10-29/h5-8,13-15H,3-4,9-12,16H2,1-2H3,(H,28,31)/b22-15+. The van der Waals surface area contributed by atoms with E-state index in [1.807, 2.05) is 26.0 Å². The molecular weight excluding hydrogens is 518 g/mol. The molecule has 2 saturated heterocycles. The Morgan fingerprint density at radius 2 is 1.81 bits per heavy atom. The quantitative estimate of drug-likeness (QED) is 0.455. The van der Waals surface area contributed by atoms with Crippen LogP contribution in [-0.2, 0) is 14.3 Å². The molecule has 0 unspecified atom stereocenters. The van der Waals surface area contributed by atoms with E-state index in [4.69, 9.17) is 25.8 Å². The highest BCUT2D eigenvalue weighted by atomic mass is 35.5. The van der Waals surface area contributed by atoms with Crippen LogP contribution in [0.25, 0.3) is 6.08 Å². The van der Waals surface area contributed by atoms with Crippen molar-refractivity contribution >= 4 is 57.9 Å².